The Morgan fingerprint density at radius 3 is 2.45 bits per heavy atom. The summed E-state index contributed by atoms with van der Waals surface area (Å²) in [7, 11) is 0. The van der Waals surface area contributed by atoms with Gasteiger partial charge in [0.2, 0.25) is 0 Å². The summed E-state index contributed by atoms with van der Waals surface area (Å²) in [6.07, 6.45) is 13.3. The van der Waals surface area contributed by atoms with Crippen molar-refractivity contribution in [3.63, 3.8) is 0 Å². The van der Waals surface area contributed by atoms with Crippen LogP contribution >= 0.6 is 0 Å². The zero-order chi connectivity index (χ0) is 13.6. The molecule has 1 aliphatic heterocycles. The van der Waals surface area contributed by atoms with Crippen molar-refractivity contribution < 1.29 is 9.47 Å². The van der Waals surface area contributed by atoms with Crippen LogP contribution in [0.1, 0.15) is 57.8 Å². The standard InChI is InChI=1S/C17H31NO2/c1-2-6-14(7-3-1)16-8-4-5-9-17(16)18-12-15-13-19-10-11-20-15/h14-18H,1-13H2. The highest BCUT2D eigenvalue weighted by Crippen LogP contribution is 2.38. The first-order valence-corrected chi connectivity index (χ1v) is 8.86. The van der Waals surface area contributed by atoms with Crippen LogP contribution in [-0.4, -0.2) is 38.5 Å². The first-order chi connectivity index (χ1) is 9.93. The SMILES string of the molecule is C1CCC(C2CCCCC2NCC2COCCO2)CC1. The van der Waals surface area contributed by atoms with Crippen molar-refractivity contribution in [3.05, 3.63) is 0 Å². The average molecular weight is 281 g/mol. The molecule has 0 amide bonds. The fourth-order valence-corrected chi connectivity index (χ4v) is 4.48. The van der Waals surface area contributed by atoms with Gasteiger partial charge in [-0.2, -0.15) is 0 Å². The van der Waals surface area contributed by atoms with E-state index in [0.717, 1.165) is 44.2 Å². The molecule has 3 aliphatic rings. The number of hydrogen-bond donors (Lipinski definition) is 1. The maximum atomic E-state index is 5.76. The molecule has 3 fully saturated rings. The van der Waals surface area contributed by atoms with Crippen LogP contribution < -0.4 is 5.32 Å². The van der Waals surface area contributed by atoms with Crippen LogP contribution in [0.25, 0.3) is 0 Å². The maximum Gasteiger partial charge on any atom is 0.0933 e. The second kappa shape index (κ2) is 7.77. The Hall–Kier alpha value is -0.120. The molecule has 0 radical (unpaired) electrons. The van der Waals surface area contributed by atoms with Gasteiger partial charge in [0.25, 0.3) is 0 Å². The largest absolute Gasteiger partial charge is 0.376 e. The van der Waals surface area contributed by atoms with Crippen molar-refractivity contribution in [1.82, 2.24) is 5.32 Å². The molecule has 20 heavy (non-hydrogen) atoms. The van der Waals surface area contributed by atoms with E-state index in [1.165, 1.54) is 57.8 Å². The topological polar surface area (TPSA) is 30.5 Å². The van der Waals surface area contributed by atoms with E-state index in [1.807, 2.05) is 0 Å². The van der Waals surface area contributed by atoms with Gasteiger partial charge in [0, 0.05) is 12.6 Å². The van der Waals surface area contributed by atoms with Crippen molar-refractivity contribution in [2.75, 3.05) is 26.4 Å². The minimum Gasteiger partial charge on any atom is -0.376 e. The zero-order valence-corrected chi connectivity index (χ0v) is 12.8. The molecular weight excluding hydrogens is 250 g/mol. The van der Waals surface area contributed by atoms with Crippen molar-refractivity contribution in [2.24, 2.45) is 11.8 Å². The van der Waals surface area contributed by atoms with Gasteiger partial charge in [0.05, 0.1) is 25.9 Å². The Morgan fingerprint density at radius 1 is 0.850 bits per heavy atom. The summed E-state index contributed by atoms with van der Waals surface area (Å²) in [4.78, 5) is 0. The lowest BCUT2D eigenvalue weighted by Crippen LogP contribution is -2.47. The first-order valence-electron chi connectivity index (χ1n) is 8.86. The molecule has 0 aromatic rings. The third-order valence-corrected chi connectivity index (χ3v) is 5.57. The highest BCUT2D eigenvalue weighted by Gasteiger charge is 2.32. The summed E-state index contributed by atoms with van der Waals surface area (Å²) in [6.45, 7) is 3.29. The highest BCUT2D eigenvalue weighted by molar-refractivity contribution is 4.87. The van der Waals surface area contributed by atoms with Crippen LogP contribution in [0.3, 0.4) is 0 Å². The van der Waals surface area contributed by atoms with Crippen molar-refractivity contribution in [3.8, 4) is 0 Å². The smallest absolute Gasteiger partial charge is 0.0933 e. The van der Waals surface area contributed by atoms with E-state index in [1.54, 1.807) is 0 Å². The molecule has 1 saturated heterocycles. The molecule has 3 rings (SSSR count). The fourth-order valence-electron chi connectivity index (χ4n) is 4.48. The molecule has 3 heteroatoms. The number of rotatable bonds is 4. The number of nitrogens with one attached hydrogen (secondary N) is 1. The molecule has 2 aliphatic carbocycles. The summed E-state index contributed by atoms with van der Waals surface area (Å²) in [6, 6.07) is 0.734. The van der Waals surface area contributed by atoms with Gasteiger partial charge >= 0.3 is 0 Å². The van der Waals surface area contributed by atoms with E-state index in [4.69, 9.17) is 9.47 Å². The predicted octanol–water partition coefficient (Wildman–Crippen LogP) is 3.13. The second-order valence-corrected chi connectivity index (χ2v) is 6.93. The summed E-state index contributed by atoms with van der Waals surface area (Å²) in [5, 5.41) is 3.83. The van der Waals surface area contributed by atoms with E-state index < -0.39 is 0 Å². The molecule has 0 aromatic carbocycles. The monoisotopic (exact) mass is 281 g/mol. The third kappa shape index (κ3) is 3.96. The van der Waals surface area contributed by atoms with E-state index in [2.05, 4.69) is 5.32 Å². The Kier molecular flexibility index (Phi) is 5.75. The minimum atomic E-state index is 0.276. The quantitative estimate of drug-likeness (QED) is 0.859. The van der Waals surface area contributed by atoms with E-state index in [-0.39, 0.29) is 6.10 Å². The van der Waals surface area contributed by atoms with Gasteiger partial charge < -0.3 is 14.8 Å². The van der Waals surface area contributed by atoms with Gasteiger partial charge in [0.15, 0.2) is 0 Å². The molecule has 0 bridgehead atoms. The Labute approximate surface area is 123 Å². The van der Waals surface area contributed by atoms with Crippen LogP contribution in [0, 0.1) is 11.8 Å². The summed E-state index contributed by atoms with van der Waals surface area (Å²) >= 11 is 0. The Balaban J connectivity index is 1.49. The summed E-state index contributed by atoms with van der Waals surface area (Å²) in [5.74, 6) is 1.92. The van der Waals surface area contributed by atoms with Crippen molar-refractivity contribution in [2.45, 2.75) is 69.9 Å². The number of hydrogen-bond acceptors (Lipinski definition) is 3. The Morgan fingerprint density at radius 2 is 1.65 bits per heavy atom. The molecular formula is C17H31NO2. The average Bonchev–Trinajstić information content (AvgIpc) is 2.55. The molecule has 1 N–H and O–H groups in total. The van der Waals surface area contributed by atoms with Crippen LogP contribution in [-0.2, 0) is 9.47 Å². The third-order valence-electron chi connectivity index (χ3n) is 5.57. The minimum absolute atomic E-state index is 0.276. The summed E-state index contributed by atoms with van der Waals surface area (Å²) in [5.41, 5.74) is 0. The van der Waals surface area contributed by atoms with Gasteiger partial charge in [0.1, 0.15) is 0 Å². The normalized spacial score (nSPS) is 36.9. The van der Waals surface area contributed by atoms with E-state index in [9.17, 15) is 0 Å². The van der Waals surface area contributed by atoms with E-state index in [0.29, 0.717) is 0 Å². The highest BCUT2D eigenvalue weighted by atomic mass is 16.6. The summed E-state index contributed by atoms with van der Waals surface area (Å²) < 4.78 is 11.3. The van der Waals surface area contributed by atoms with Gasteiger partial charge in [-0.15, -0.1) is 0 Å². The van der Waals surface area contributed by atoms with Gasteiger partial charge in [-0.05, 0) is 24.7 Å². The molecule has 3 nitrogen and oxygen atoms in total. The maximum absolute atomic E-state index is 5.76. The van der Waals surface area contributed by atoms with Crippen LogP contribution in [0.2, 0.25) is 0 Å². The van der Waals surface area contributed by atoms with Gasteiger partial charge in [-0.1, -0.05) is 44.9 Å². The van der Waals surface area contributed by atoms with Crippen molar-refractivity contribution >= 4 is 0 Å². The van der Waals surface area contributed by atoms with Crippen LogP contribution in [0.5, 0.6) is 0 Å². The molecule has 0 spiro atoms. The number of ether oxygens (including phenoxy) is 2. The van der Waals surface area contributed by atoms with Crippen LogP contribution in [0.15, 0.2) is 0 Å². The van der Waals surface area contributed by atoms with E-state index >= 15 is 0 Å². The van der Waals surface area contributed by atoms with Gasteiger partial charge in [-0.3, -0.25) is 0 Å². The molecule has 0 aromatic heterocycles. The molecule has 3 unspecified atom stereocenters. The second-order valence-electron chi connectivity index (χ2n) is 6.93. The first kappa shape index (κ1) is 14.8. The predicted molar refractivity (Wildman–Crippen MR) is 80.9 cm³/mol. The molecule has 3 atom stereocenters. The lowest BCUT2D eigenvalue weighted by atomic mass is 9.71. The molecule has 116 valence electrons. The van der Waals surface area contributed by atoms with Gasteiger partial charge in [-0.25, -0.2) is 0 Å². The Bertz CT molecular complexity index is 272. The van der Waals surface area contributed by atoms with Crippen LogP contribution in [0.4, 0.5) is 0 Å². The zero-order valence-electron chi connectivity index (χ0n) is 12.8. The lowest BCUT2D eigenvalue weighted by molar-refractivity contribution is -0.0881. The molecule has 1 heterocycles. The fraction of sp³-hybridized carbons (Fsp3) is 1.00. The lowest BCUT2D eigenvalue weighted by Gasteiger charge is -2.40. The van der Waals surface area contributed by atoms with Crippen molar-refractivity contribution in [1.29, 1.82) is 0 Å². The molecule has 2 saturated carbocycles.